The maximum atomic E-state index is 13.3. The summed E-state index contributed by atoms with van der Waals surface area (Å²) in [6.07, 6.45) is 0. The van der Waals surface area contributed by atoms with Crippen LogP contribution in [0.25, 0.3) is 11.3 Å². The Kier molecular flexibility index (Phi) is 5.43. The van der Waals surface area contributed by atoms with Crippen LogP contribution in [-0.4, -0.2) is 32.8 Å². The van der Waals surface area contributed by atoms with Gasteiger partial charge in [0.2, 0.25) is 0 Å². The summed E-state index contributed by atoms with van der Waals surface area (Å²) in [5.41, 5.74) is 1.35. The molecule has 0 aliphatic carbocycles. The number of nitrogens with zero attached hydrogens (tertiary/aromatic N) is 2. The summed E-state index contributed by atoms with van der Waals surface area (Å²) < 4.78 is 63.8. The molecular weight excluding hydrogens is 405 g/mol. The number of nitrogens with one attached hydrogen (secondary N) is 1. The van der Waals surface area contributed by atoms with Crippen LogP contribution in [0, 0.1) is 5.82 Å². The number of rotatable bonds is 6. The zero-order valence-corrected chi connectivity index (χ0v) is 16.3. The lowest BCUT2D eigenvalue weighted by atomic mass is 10.1. The topological polar surface area (TPSA) is 106 Å². The summed E-state index contributed by atoms with van der Waals surface area (Å²) in [6.45, 7) is 1.52. The number of hydrogen-bond acceptors (Lipinski definition) is 6. The second-order valence-electron chi connectivity index (χ2n) is 5.80. The van der Waals surface area contributed by atoms with Crippen molar-refractivity contribution in [3.05, 3.63) is 66.5 Å². The largest absolute Gasteiger partial charge is 0.280 e. The van der Waals surface area contributed by atoms with E-state index in [2.05, 4.69) is 14.9 Å². The van der Waals surface area contributed by atoms with Crippen LogP contribution in [0.4, 0.5) is 10.1 Å². The molecule has 0 aliphatic rings. The third kappa shape index (κ3) is 4.34. The number of anilines is 1. The van der Waals surface area contributed by atoms with Crippen molar-refractivity contribution in [2.45, 2.75) is 16.8 Å². The van der Waals surface area contributed by atoms with Gasteiger partial charge in [-0.25, -0.2) is 21.2 Å². The first-order valence-corrected chi connectivity index (χ1v) is 11.3. The highest BCUT2D eigenvalue weighted by Crippen LogP contribution is 2.22. The Morgan fingerprint density at radius 2 is 1.64 bits per heavy atom. The molecule has 0 saturated heterocycles. The standard InChI is InChI=1S/C18H16FN3O4S2/c1-2-27(23,24)18-11-10-17(20-21-18)13-6-8-15(9-7-13)22-28(25,26)16-5-3-4-14(19)12-16/h3-12,22H,2H2,1H3. The Labute approximate surface area is 162 Å². The molecule has 2 aromatic carbocycles. The fourth-order valence-electron chi connectivity index (χ4n) is 2.35. The lowest BCUT2D eigenvalue weighted by molar-refractivity contribution is 0.591. The average molecular weight is 421 g/mol. The van der Waals surface area contributed by atoms with Crippen molar-refractivity contribution in [1.29, 1.82) is 0 Å². The van der Waals surface area contributed by atoms with E-state index in [0.29, 0.717) is 11.3 Å². The van der Waals surface area contributed by atoms with Gasteiger partial charge in [0, 0.05) is 11.3 Å². The predicted octanol–water partition coefficient (Wildman–Crippen LogP) is 2.88. The van der Waals surface area contributed by atoms with Crippen molar-refractivity contribution in [3.8, 4) is 11.3 Å². The van der Waals surface area contributed by atoms with Gasteiger partial charge in [-0.2, -0.15) is 0 Å². The Morgan fingerprint density at radius 3 is 2.21 bits per heavy atom. The molecule has 0 bridgehead atoms. The van der Waals surface area contributed by atoms with Gasteiger partial charge < -0.3 is 0 Å². The van der Waals surface area contributed by atoms with E-state index < -0.39 is 25.7 Å². The molecule has 0 atom stereocenters. The summed E-state index contributed by atoms with van der Waals surface area (Å²) in [7, 11) is -7.35. The SMILES string of the molecule is CCS(=O)(=O)c1ccc(-c2ccc(NS(=O)(=O)c3cccc(F)c3)cc2)nn1. The highest BCUT2D eigenvalue weighted by molar-refractivity contribution is 7.92. The maximum Gasteiger partial charge on any atom is 0.261 e. The summed E-state index contributed by atoms with van der Waals surface area (Å²) >= 11 is 0. The van der Waals surface area contributed by atoms with Gasteiger partial charge in [-0.1, -0.05) is 25.1 Å². The molecule has 28 heavy (non-hydrogen) atoms. The molecular formula is C18H16FN3O4S2. The zero-order chi connectivity index (χ0) is 20.4. The minimum Gasteiger partial charge on any atom is -0.280 e. The number of halogens is 1. The van der Waals surface area contributed by atoms with Gasteiger partial charge in [-0.15, -0.1) is 10.2 Å². The van der Waals surface area contributed by atoms with Gasteiger partial charge in [0.25, 0.3) is 10.0 Å². The number of sulfone groups is 1. The highest BCUT2D eigenvalue weighted by Gasteiger charge is 2.16. The molecule has 0 amide bonds. The van der Waals surface area contributed by atoms with Crippen molar-refractivity contribution < 1.29 is 21.2 Å². The molecule has 0 saturated carbocycles. The third-order valence-electron chi connectivity index (χ3n) is 3.88. The van der Waals surface area contributed by atoms with E-state index in [1.807, 2.05) is 0 Å². The first kappa shape index (κ1) is 19.9. The summed E-state index contributed by atoms with van der Waals surface area (Å²) in [6, 6.07) is 13.9. The molecule has 10 heteroatoms. The van der Waals surface area contributed by atoms with E-state index in [1.54, 1.807) is 12.1 Å². The number of benzene rings is 2. The van der Waals surface area contributed by atoms with Crippen LogP contribution >= 0.6 is 0 Å². The van der Waals surface area contributed by atoms with E-state index >= 15 is 0 Å². The fraction of sp³-hybridized carbons (Fsp3) is 0.111. The lowest BCUT2D eigenvalue weighted by Gasteiger charge is -2.09. The Bertz CT molecular complexity index is 1190. The van der Waals surface area contributed by atoms with Gasteiger partial charge in [-0.05, 0) is 42.5 Å². The molecule has 0 unspecified atom stereocenters. The van der Waals surface area contributed by atoms with Crippen molar-refractivity contribution in [1.82, 2.24) is 10.2 Å². The van der Waals surface area contributed by atoms with Crippen LogP contribution in [0.5, 0.6) is 0 Å². The molecule has 3 aromatic rings. The van der Waals surface area contributed by atoms with Crippen molar-refractivity contribution in [2.24, 2.45) is 0 Å². The quantitative estimate of drug-likeness (QED) is 0.656. The van der Waals surface area contributed by atoms with Crippen LogP contribution in [0.3, 0.4) is 0 Å². The monoisotopic (exact) mass is 421 g/mol. The van der Waals surface area contributed by atoms with Gasteiger partial charge >= 0.3 is 0 Å². The van der Waals surface area contributed by atoms with Gasteiger partial charge in [0.1, 0.15) is 5.82 Å². The van der Waals surface area contributed by atoms with E-state index in [1.165, 1.54) is 43.3 Å². The molecule has 0 aliphatic heterocycles. The first-order valence-electron chi connectivity index (χ1n) is 8.16. The molecule has 0 spiro atoms. The second kappa shape index (κ2) is 7.64. The van der Waals surface area contributed by atoms with E-state index in [9.17, 15) is 21.2 Å². The van der Waals surface area contributed by atoms with Crippen molar-refractivity contribution >= 4 is 25.5 Å². The van der Waals surface area contributed by atoms with E-state index in [0.717, 1.165) is 12.1 Å². The lowest BCUT2D eigenvalue weighted by Crippen LogP contribution is -2.13. The molecule has 0 fully saturated rings. The number of hydrogen-bond donors (Lipinski definition) is 1. The molecule has 0 radical (unpaired) electrons. The Morgan fingerprint density at radius 1 is 0.929 bits per heavy atom. The summed E-state index contributed by atoms with van der Waals surface area (Å²) in [4.78, 5) is -0.185. The van der Waals surface area contributed by atoms with Gasteiger partial charge in [0.15, 0.2) is 14.9 Å². The average Bonchev–Trinajstić information content (AvgIpc) is 2.68. The maximum absolute atomic E-state index is 13.3. The fourth-order valence-corrected chi connectivity index (χ4v) is 4.17. The Hall–Kier alpha value is -2.85. The molecule has 1 heterocycles. The van der Waals surface area contributed by atoms with Gasteiger partial charge in [0.05, 0.1) is 16.3 Å². The third-order valence-corrected chi connectivity index (χ3v) is 6.87. The number of sulfonamides is 1. The van der Waals surface area contributed by atoms with Gasteiger partial charge in [-0.3, -0.25) is 4.72 Å². The van der Waals surface area contributed by atoms with Crippen LogP contribution in [0.1, 0.15) is 6.92 Å². The van der Waals surface area contributed by atoms with Crippen LogP contribution < -0.4 is 4.72 Å². The predicted molar refractivity (Wildman–Crippen MR) is 102 cm³/mol. The van der Waals surface area contributed by atoms with E-state index in [-0.39, 0.29) is 21.4 Å². The van der Waals surface area contributed by atoms with Crippen LogP contribution in [0.2, 0.25) is 0 Å². The Balaban J connectivity index is 1.80. The smallest absolute Gasteiger partial charge is 0.261 e. The summed E-state index contributed by atoms with van der Waals surface area (Å²) in [5.74, 6) is -0.716. The molecule has 1 N–H and O–H groups in total. The van der Waals surface area contributed by atoms with E-state index in [4.69, 9.17) is 0 Å². The molecule has 7 nitrogen and oxygen atoms in total. The molecule has 146 valence electrons. The normalized spacial score (nSPS) is 11.9. The minimum atomic E-state index is -3.92. The molecule has 1 aromatic heterocycles. The second-order valence-corrected chi connectivity index (χ2v) is 9.71. The first-order chi connectivity index (χ1) is 13.2. The van der Waals surface area contributed by atoms with Crippen LogP contribution in [0.15, 0.2) is 70.6 Å². The summed E-state index contributed by atoms with van der Waals surface area (Å²) in [5, 5.41) is 7.56. The van der Waals surface area contributed by atoms with Crippen molar-refractivity contribution in [2.75, 3.05) is 10.5 Å². The number of aromatic nitrogens is 2. The van der Waals surface area contributed by atoms with Crippen LogP contribution in [-0.2, 0) is 19.9 Å². The zero-order valence-electron chi connectivity index (χ0n) is 14.7. The minimum absolute atomic E-state index is 0.0683. The molecule has 3 rings (SSSR count). The highest BCUT2D eigenvalue weighted by atomic mass is 32.2. The van der Waals surface area contributed by atoms with Crippen molar-refractivity contribution in [3.63, 3.8) is 0 Å².